The molecule has 0 heterocycles. The number of Topliss-reactive ketones (excluding diaryl/α,β-unsaturated/α-hetero) is 1. The van der Waals surface area contributed by atoms with Crippen LogP contribution in [0.15, 0.2) is 0 Å². The summed E-state index contributed by atoms with van der Waals surface area (Å²) in [6.45, 7) is 0. The summed E-state index contributed by atoms with van der Waals surface area (Å²) in [5.74, 6) is -12.0. The van der Waals surface area contributed by atoms with Crippen LogP contribution in [0.2, 0.25) is 0 Å². The van der Waals surface area contributed by atoms with Gasteiger partial charge in [0.2, 0.25) is 11.7 Å². The molecule has 0 amide bonds. The third-order valence-electron chi connectivity index (χ3n) is 2.92. The van der Waals surface area contributed by atoms with Crippen LogP contribution in [0.3, 0.4) is 0 Å². The zero-order chi connectivity index (χ0) is 14.2. The minimum atomic E-state index is -5.97. The molecule has 0 aromatic heterocycles. The summed E-state index contributed by atoms with van der Waals surface area (Å²) in [5, 5.41) is 0. The smallest absolute Gasteiger partial charge is 0.293 e. The highest BCUT2D eigenvalue weighted by Gasteiger charge is 2.62. The van der Waals surface area contributed by atoms with Crippen molar-refractivity contribution < 1.29 is 35.5 Å². The van der Waals surface area contributed by atoms with Crippen molar-refractivity contribution in [3.8, 4) is 0 Å². The maximum absolute atomic E-state index is 12.9. The highest BCUT2D eigenvalue weighted by atomic mass is 19.4. The van der Waals surface area contributed by atoms with Gasteiger partial charge in [-0.3, -0.25) is 4.79 Å². The Morgan fingerprint density at radius 2 is 1.72 bits per heavy atom. The van der Waals surface area contributed by atoms with Crippen molar-refractivity contribution in [1.29, 1.82) is 0 Å². The predicted molar refractivity (Wildman–Crippen MR) is 47.5 cm³/mol. The molecule has 8 heteroatoms. The van der Waals surface area contributed by atoms with Gasteiger partial charge in [-0.05, 0) is 18.8 Å². The minimum Gasteiger partial charge on any atom is -0.293 e. The second-order valence-corrected chi connectivity index (χ2v) is 4.52. The normalized spacial score (nSPS) is 24.9. The lowest BCUT2D eigenvalue weighted by Crippen LogP contribution is -2.45. The van der Waals surface area contributed by atoms with Gasteiger partial charge < -0.3 is 0 Å². The number of carbonyl (C=O) groups is 1. The van der Waals surface area contributed by atoms with Gasteiger partial charge in [-0.1, -0.05) is 0 Å². The van der Waals surface area contributed by atoms with E-state index in [1.807, 2.05) is 0 Å². The second-order valence-electron chi connectivity index (χ2n) is 4.52. The van der Waals surface area contributed by atoms with E-state index in [1.165, 1.54) is 0 Å². The van der Waals surface area contributed by atoms with Crippen molar-refractivity contribution in [2.24, 2.45) is 5.92 Å². The van der Waals surface area contributed by atoms with Crippen molar-refractivity contribution >= 4 is 5.78 Å². The van der Waals surface area contributed by atoms with E-state index >= 15 is 0 Å². The Labute approximate surface area is 98.3 Å². The molecule has 106 valence electrons. The monoisotopic (exact) mass is 280 g/mol. The Bertz CT molecular complexity index is 321. The maximum atomic E-state index is 12.9. The summed E-state index contributed by atoms with van der Waals surface area (Å²) in [6, 6.07) is 0. The molecule has 0 N–H and O–H groups in total. The standard InChI is InChI=1S/C10H11F7O/c11-8(12)3-1-2-6(5-8)4-7(18)9(13,14)10(15,16)17/h6H,1-5H2. The number of rotatable bonds is 3. The summed E-state index contributed by atoms with van der Waals surface area (Å²) < 4.78 is 86.7. The summed E-state index contributed by atoms with van der Waals surface area (Å²) in [5.41, 5.74) is 0. The number of hydrogen-bond donors (Lipinski definition) is 0. The van der Waals surface area contributed by atoms with Crippen LogP contribution in [0.4, 0.5) is 30.7 Å². The van der Waals surface area contributed by atoms with Gasteiger partial charge in [0.25, 0.3) is 0 Å². The van der Waals surface area contributed by atoms with Crippen LogP contribution >= 0.6 is 0 Å². The molecule has 1 unspecified atom stereocenters. The zero-order valence-electron chi connectivity index (χ0n) is 9.17. The fraction of sp³-hybridized carbons (Fsp3) is 0.900. The van der Waals surface area contributed by atoms with E-state index in [-0.39, 0.29) is 12.8 Å². The quantitative estimate of drug-likeness (QED) is 0.715. The second kappa shape index (κ2) is 4.70. The van der Waals surface area contributed by atoms with Crippen LogP contribution in [0, 0.1) is 5.92 Å². The molecule has 1 aliphatic carbocycles. The number of carbonyl (C=O) groups excluding carboxylic acids is 1. The summed E-state index contributed by atoms with van der Waals surface area (Å²) in [6.07, 6.45) is -8.29. The Morgan fingerprint density at radius 1 is 1.17 bits per heavy atom. The van der Waals surface area contributed by atoms with Gasteiger partial charge in [-0.2, -0.15) is 22.0 Å². The topological polar surface area (TPSA) is 17.1 Å². The molecule has 0 aromatic rings. The molecule has 1 atom stereocenters. The molecule has 1 fully saturated rings. The van der Waals surface area contributed by atoms with E-state index in [0.717, 1.165) is 0 Å². The molecule has 18 heavy (non-hydrogen) atoms. The Hall–Kier alpha value is -0.820. The fourth-order valence-corrected chi connectivity index (χ4v) is 2.00. The Morgan fingerprint density at radius 3 is 2.17 bits per heavy atom. The van der Waals surface area contributed by atoms with Crippen molar-refractivity contribution in [2.45, 2.75) is 50.1 Å². The first-order valence-corrected chi connectivity index (χ1v) is 5.31. The molecule has 0 saturated heterocycles. The van der Waals surface area contributed by atoms with E-state index in [2.05, 4.69) is 0 Å². The number of ketones is 1. The Kier molecular flexibility index (Phi) is 3.97. The molecule has 0 spiro atoms. The van der Waals surface area contributed by atoms with E-state index in [1.54, 1.807) is 0 Å². The van der Waals surface area contributed by atoms with Crippen LogP contribution in [0.5, 0.6) is 0 Å². The highest BCUT2D eigenvalue weighted by molar-refractivity contribution is 5.86. The van der Waals surface area contributed by atoms with Crippen LogP contribution in [0.1, 0.15) is 32.1 Å². The minimum absolute atomic E-state index is 0.0164. The molecule has 1 rings (SSSR count). The highest BCUT2D eigenvalue weighted by Crippen LogP contribution is 2.42. The fourth-order valence-electron chi connectivity index (χ4n) is 2.00. The van der Waals surface area contributed by atoms with Gasteiger partial charge in [-0.15, -0.1) is 0 Å². The number of hydrogen-bond acceptors (Lipinski definition) is 1. The van der Waals surface area contributed by atoms with Crippen molar-refractivity contribution in [1.82, 2.24) is 0 Å². The van der Waals surface area contributed by atoms with Crippen LogP contribution < -0.4 is 0 Å². The van der Waals surface area contributed by atoms with Crippen molar-refractivity contribution in [3.63, 3.8) is 0 Å². The lowest BCUT2D eigenvalue weighted by atomic mass is 9.82. The van der Waals surface area contributed by atoms with Gasteiger partial charge in [0.1, 0.15) is 0 Å². The van der Waals surface area contributed by atoms with E-state index < -0.39 is 49.0 Å². The molecule has 0 radical (unpaired) electrons. The first-order valence-electron chi connectivity index (χ1n) is 5.31. The molecular weight excluding hydrogens is 269 g/mol. The third-order valence-corrected chi connectivity index (χ3v) is 2.92. The SMILES string of the molecule is O=C(CC1CCCC(F)(F)C1)C(F)(F)C(F)(F)F. The lowest BCUT2D eigenvalue weighted by Gasteiger charge is -2.29. The third kappa shape index (κ3) is 3.35. The predicted octanol–water partition coefficient (Wildman–Crippen LogP) is 3.97. The van der Waals surface area contributed by atoms with E-state index in [9.17, 15) is 35.5 Å². The summed E-state index contributed by atoms with van der Waals surface area (Å²) in [4.78, 5) is 10.9. The van der Waals surface area contributed by atoms with Crippen molar-refractivity contribution in [2.75, 3.05) is 0 Å². The first-order chi connectivity index (χ1) is 7.96. The largest absolute Gasteiger partial charge is 0.461 e. The Balaban J connectivity index is 2.65. The average Bonchev–Trinajstić information content (AvgIpc) is 2.13. The van der Waals surface area contributed by atoms with E-state index in [0.29, 0.717) is 0 Å². The van der Waals surface area contributed by atoms with Crippen LogP contribution in [-0.4, -0.2) is 23.8 Å². The number of alkyl halides is 7. The van der Waals surface area contributed by atoms with E-state index in [4.69, 9.17) is 0 Å². The van der Waals surface area contributed by atoms with Gasteiger partial charge >= 0.3 is 12.1 Å². The molecule has 0 aromatic carbocycles. The molecule has 0 bridgehead atoms. The summed E-state index contributed by atoms with van der Waals surface area (Å²) in [7, 11) is 0. The van der Waals surface area contributed by atoms with Gasteiger partial charge in [-0.25, -0.2) is 8.78 Å². The number of halogens is 7. The van der Waals surface area contributed by atoms with Gasteiger partial charge in [0.15, 0.2) is 0 Å². The van der Waals surface area contributed by atoms with Crippen LogP contribution in [-0.2, 0) is 4.79 Å². The maximum Gasteiger partial charge on any atom is 0.461 e. The first kappa shape index (κ1) is 15.2. The molecule has 1 saturated carbocycles. The van der Waals surface area contributed by atoms with Crippen LogP contribution in [0.25, 0.3) is 0 Å². The van der Waals surface area contributed by atoms with Gasteiger partial charge in [0.05, 0.1) is 0 Å². The lowest BCUT2D eigenvalue weighted by molar-refractivity contribution is -0.269. The molecule has 1 aliphatic rings. The van der Waals surface area contributed by atoms with Gasteiger partial charge in [0, 0.05) is 19.3 Å². The molecular formula is C10H11F7O. The molecule has 0 aliphatic heterocycles. The van der Waals surface area contributed by atoms with Crippen molar-refractivity contribution in [3.05, 3.63) is 0 Å². The summed E-state index contributed by atoms with van der Waals surface area (Å²) >= 11 is 0. The molecule has 1 nitrogen and oxygen atoms in total. The average molecular weight is 280 g/mol. The zero-order valence-corrected chi connectivity index (χ0v) is 9.17.